The van der Waals surface area contributed by atoms with E-state index in [-0.39, 0.29) is 12.2 Å². The molecular weight excluding hydrogens is 500 g/mol. The molecule has 0 amide bonds. The number of rotatable bonds is 7. The van der Waals surface area contributed by atoms with Gasteiger partial charge in [0.05, 0.1) is 32.4 Å². The van der Waals surface area contributed by atoms with Gasteiger partial charge in [0.25, 0.3) is 0 Å². The molecule has 200 valence electrons. The summed E-state index contributed by atoms with van der Waals surface area (Å²) in [7, 11) is 2.73. The molecule has 0 fully saturated rings. The van der Waals surface area contributed by atoms with Gasteiger partial charge in [0.1, 0.15) is 17.3 Å². The van der Waals surface area contributed by atoms with E-state index >= 15 is 0 Å². The number of aryl methyl sites for hydroxylation is 1. The number of halogens is 4. The summed E-state index contributed by atoms with van der Waals surface area (Å²) in [6.07, 6.45) is -4.24. The topological polar surface area (TPSA) is 51.1 Å². The maximum Gasteiger partial charge on any atom is 0.431 e. The molecule has 2 atom stereocenters. The Labute approximate surface area is 218 Å². The van der Waals surface area contributed by atoms with E-state index in [2.05, 4.69) is 5.10 Å². The van der Waals surface area contributed by atoms with Crippen LogP contribution in [0, 0.1) is 18.7 Å². The number of carbonyl (C=O) groups excluding carboxylic acids is 1. The molecule has 3 aromatic carbocycles. The minimum Gasteiger partial charge on any atom is -0.497 e. The van der Waals surface area contributed by atoms with Gasteiger partial charge >= 0.3 is 12.1 Å². The lowest BCUT2D eigenvalue weighted by Crippen LogP contribution is -2.37. The quantitative estimate of drug-likeness (QED) is 0.253. The van der Waals surface area contributed by atoms with Crippen molar-refractivity contribution >= 4 is 17.4 Å². The molecule has 3 aromatic rings. The molecule has 4 rings (SSSR count). The van der Waals surface area contributed by atoms with E-state index in [4.69, 9.17) is 9.47 Å². The van der Waals surface area contributed by atoms with E-state index in [1.807, 2.05) is 37.3 Å². The highest BCUT2D eigenvalue weighted by molar-refractivity contribution is 5.96. The van der Waals surface area contributed by atoms with Crippen LogP contribution in [0.5, 0.6) is 5.75 Å². The number of hydrogen-bond acceptors (Lipinski definition) is 5. The van der Waals surface area contributed by atoms with Crippen molar-refractivity contribution in [2.45, 2.75) is 38.9 Å². The fourth-order valence-electron chi connectivity index (χ4n) is 4.66. The molecule has 0 spiro atoms. The van der Waals surface area contributed by atoms with Crippen molar-refractivity contribution in [1.82, 2.24) is 0 Å². The molecule has 9 heteroatoms. The molecule has 0 aliphatic carbocycles. The summed E-state index contributed by atoms with van der Waals surface area (Å²) in [4.78, 5) is 11.9. The molecule has 0 bridgehead atoms. The molecule has 5 nitrogen and oxygen atoms in total. The van der Waals surface area contributed by atoms with Crippen LogP contribution in [-0.4, -0.2) is 38.1 Å². The molecule has 0 N–H and O–H groups in total. The van der Waals surface area contributed by atoms with E-state index in [1.54, 1.807) is 24.3 Å². The summed E-state index contributed by atoms with van der Waals surface area (Å²) in [6, 6.07) is 16.5. The molecule has 38 heavy (non-hydrogen) atoms. The molecule has 1 aliphatic heterocycles. The zero-order valence-corrected chi connectivity index (χ0v) is 21.5. The van der Waals surface area contributed by atoms with Crippen molar-refractivity contribution in [3.05, 3.63) is 83.2 Å². The lowest BCUT2D eigenvalue weighted by atomic mass is 9.94. The SMILES string of the molecule is COC(=O)C[C@H]1[C@H](C)C(C(F)(F)F)=NN1c1ccc(Cc2ccc(-c3cc(OC)ccc3F)cc2C)cc1. The first kappa shape index (κ1) is 27.2. The first-order chi connectivity index (χ1) is 18.0. The maximum atomic E-state index is 14.4. The van der Waals surface area contributed by atoms with Gasteiger partial charge in [-0.15, -0.1) is 0 Å². The minimum atomic E-state index is -4.60. The molecule has 0 aromatic heterocycles. The highest BCUT2D eigenvalue weighted by atomic mass is 19.4. The van der Waals surface area contributed by atoms with Crippen LogP contribution in [0.4, 0.5) is 23.2 Å². The predicted octanol–water partition coefficient (Wildman–Crippen LogP) is 6.71. The maximum absolute atomic E-state index is 14.4. The summed E-state index contributed by atoms with van der Waals surface area (Å²) in [5.74, 6) is -1.37. The number of ether oxygens (including phenoxy) is 2. The van der Waals surface area contributed by atoms with Crippen molar-refractivity contribution in [1.29, 1.82) is 0 Å². The highest BCUT2D eigenvalue weighted by Crippen LogP contribution is 2.37. The Morgan fingerprint density at radius 3 is 2.34 bits per heavy atom. The average Bonchev–Trinajstić information content (AvgIpc) is 3.22. The number of nitrogens with zero attached hydrogens (tertiary/aromatic N) is 2. The van der Waals surface area contributed by atoms with E-state index in [0.717, 1.165) is 22.3 Å². The van der Waals surface area contributed by atoms with Gasteiger partial charge in [-0.05, 0) is 65.9 Å². The lowest BCUT2D eigenvalue weighted by molar-refractivity contribution is -0.141. The third-order valence-electron chi connectivity index (χ3n) is 6.85. The second kappa shape index (κ2) is 10.8. The summed E-state index contributed by atoms with van der Waals surface area (Å²) in [6.45, 7) is 3.36. The van der Waals surface area contributed by atoms with Gasteiger partial charge in [0, 0.05) is 11.5 Å². The third kappa shape index (κ3) is 5.66. The van der Waals surface area contributed by atoms with Crippen LogP contribution >= 0.6 is 0 Å². The molecular formula is C29H28F4N2O3. The number of methoxy groups -OCH3 is 2. The Kier molecular flexibility index (Phi) is 7.76. The van der Waals surface area contributed by atoms with Crippen LogP contribution in [0.1, 0.15) is 30.0 Å². The summed E-state index contributed by atoms with van der Waals surface area (Å²) >= 11 is 0. The van der Waals surface area contributed by atoms with Gasteiger partial charge in [-0.2, -0.15) is 18.3 Å². The first-order valence-electron chi connectivity index (χ1n) is 12.1. The Hall–Kier alpha value is -3.88. The fourth-order valence-corrected chi connectivity index (χ4v) is 4.66. The van der Waals surface area contributed by atoms with Gasteiger partial charge in [-0.25, -0.2) is 4.39 Å². The number of anilines is 1. The van der Waals surface area contributed by atoms with Crippen LogP contribution in [0.15, 0.2) is 65.8 Å². The Morgan fingerprint density at radius 1 is 1.03 bits per heavy atom. The highest BCUT2D eigenvalue weighted by Gasteiger charge is 2.48. The summed E-state index contributed by atoms with van der Waals surface area (Å²) < 4.78 is 64.9. The van der Waals surface area contributed by atoms with Crippen LogP contribution in [0.2, 0.25) is 0 Å². The number of alkyl halides is 3. The number of hydrogen-bond donors (Lipinski definition) is 0. The number of benzene rings is 3. The van der Waals surface area contributed by atoms with Gasteiger partial charge in [-0.1, -0.05) is 37.3 Å². The number of carbonyl (C=O) groups is 1. The Balaban J connectivity index is 1.55. The number of hydrazone groups is 1. The molecule has 1 heterocycles. The lowest BCUT2D eigenvalue weighted by Gasteiger charge is -2.25. The Morgan fingerprint density at radius 2 is 1.74 bits per heavy atom. The summed E-state index contributed by atoms with van der Waals surface area (Å²) in [5.41, 5.74) is 3.65. The Bertz CT molecular complexity index is 1350. The van der Waals surface area contributed by atoms with E-state index in [1.165, 1.54) is 32.2 Å². The van der Waals surface area contributed by atoms with E-state index < -0.39 is 29.8 Å². The minimum absolute atomic E-state index is 0.220. The predicted molar refractivity (Wildman–Crippen MR) is 138 cm³/mol. The molecule has 1 aliphatic rings. The van der Waals surface area contributed by atoms with E-state index in [0.29, 0.717) is 23.4 Å². The zero-order valence-electron chi connectivity index (χ0n) is 21.5. The van der Waals surface area contributed by atoms with Gasteiger partial charge in [0.2, 0.25) is 0 Å². The molecule has 0 radical (unpaired) electrons. The monoisotopic (exact) mass is 528 g/mol. The van der Waals surface area contributed by atoms with Gasteiger partial charge in [0.15, 0.2) is 0 Å². The van der Waals surface area contributed by atoms with Crippen LogP contribution in [0.25, 0.3) is 11.1 Å². The average molecular weight is 529 g/mol. The van der Waals surface area contributed by atoms with Gasteiger partial charge < -0.3 is 9.47 Å². The first-order valence-corrected chi connectivity index (χ1v) is 12.1. The largest absolute Gasteiger partial charge is 0.497 e. The van der Waals surface area contributed by atoms with Crippen molar-refractivity contribution in [3.63, 3.8) is 0 Å². The molecule has 0 unspecified atom stereocenters. The van der Waals surface area contributed by atoms with Gasteiger partial charge in [-0.3, -0.25) is 9.80 Å². The second-order valence-electron chi connectivity index (χ2n) is 9.29. The van der Waals surface area contributed by atoms with Crippen molar-refractivity contribution < 1.29 is 31.8 Å². The summed E-state index contributed by atoms with van der Waals surface area (Å²) in [5, 5.41) is 5.10. The van der Waals surface area contributed by atoms with Crippen molar-refractivity contribution in [2.24, 2.45) is 11.0 Å². The normalized spacial score (nSPS) is 17.4. The molecule has 0 saturated heterocycles. The van der Waals surface area contributed by atoms with Crippen molar-refractivity contribution in [2.75, 3.05) is 19.2 Å². The second-order valence-corrected chi connectivity index (χ2v) is 9.29. The third-order valence-corrected chi connectivity index (χ3v) is 6.85. The number of esters is 1. The smallest absolute Gasteiger partial charge is 0.431 e. The fraction of sp³-hybridized carbons (Fsp3) is 0.310. The molecule has 0 saturated carbocycles. The van der Waals surface area contributed by atoms with E-state index in [9.17, 15) is 22.4 Å². The van der Waals surface area contributed by atoms with Crippen LogP contribution in [0.3, 0.4) is 0 Å². The van der Waals surface area contributed by atoms with Crippen LogP contribution < -0.4 is 9.75 Å². The van der Waals surface area contributed by atoms with Crippen molar-refractivity contribution in [3.8, 4) is 16.9 Å². The standard InChI is InChI=1S/C29H28F4N2O3/c1-17-13-21(24-15-23(37-3)11-12-25(24)30)8-7-20(17)14-19-5-9-22(10-6-19)35-26(16-27(36)38-4)18(2)28(34-35)29(31,32)33/h5-13,15,18,26H,14,16H2,1-4H3/t18-,26-/m0/s1. The zero-order chi connectivity index (χ0) is 27.6. The van der Waals surface area contributed by atoms with Crippen LogP contribution in [-0.2, 0) is 16.0 Å².